The molecule has 1 amide bonds. The van der Waals surface area contributed by atoms with E-state index in [1.807, 2.05) is 0 Å². The number of carbonyl (C=O) groups is 2. The highest BCUT2D eigenvalue weighted by molar-refractivity contribution is 7.92. The van der Waals surface area contributed by atoms with Crippen LogP contribution < -0.4 is 11.1 Å². The Labute approximate surface area is 141 Å². The van der Waals surface area contributed by atoms with E-state index >= 15 is 0 Å². The summed E-state index contributed by atoms with van der Waals surface area (Å²) < 4.78 is 34.1. The molecule has 0 bridgehead atoms. The summed E-state index contributed by atoms with van der Waals surface area (Å²) in [4.78, 5) is 22.8. The third kappa shape index (κ3) is 4.68. The van der Waals surface area contributed by atoms with E-state index < -0.39 is 33.2 Å². The molecule has 1 aromatic rings. The fourth-order valence-electron chi connectivity index (χ4n) is 1.97. The molecule has 0 heterocycles. The van der Waals surface area contributed by atoms with Crippen LogP contribution in [0, 0.1) is 0 Å². The lowest BCUT2D eigenvalue weighted by Gasteiger charge is -2.19. The van der Waals surface area contributed by atoms with Gasteiger partial charge < -0.3 is 15.2 Å². The van der Waals surface area contributed by atoms with Crippen molar-refractivity contribution in [3.63, 3.8) is 0 Å². The molecule has 1 aromatic carbocycles. The maximum absolute atomic E-state index is 12.5. The smallest absolute Gasteiger partial charge is 0.411 e. The zero-order valence-corrected chi connectivity index (χ0v) is 14.8. The van der Waals surface area contributed by atoms with Crippen molar-refractivity contribution in [1.82, 2.24) is 0 Å². The normalized spacial score (nSPS) is 12.6. The lowest BCUT2D eigenvalue weighted by molar-refractivity contribution is -0.141. The quantitative estimate of drug-likeness (QED) is 0.740. The predicted octanol–water partition coefficient (Wildman–Crippen LogP) is 1.61. The molecule has 134 valence electrons. The second-order valence-corrected chi connectivity index (χ2v) is 7.82. The van der Waals surface area contributed by atoms with Gasteiger partial charge in [0.15, 0.2) is 9.84 Å². The number of amides is 1. The van der Waals surface area contributed by atoms with E-state index in [0.717, 1.165) is 0 Å². The van der Waals surface area contributed by atoms with E-state index in [1.165, 1.54) is 32.4 Å². The van der Waals surface area contributed by atoms with Crippen LogP contribution in [0.4, 0.5) is 10.5 Å². The molecule has 0 saturated heterocycles. The van der Waals surface area contributed by atoms with Gasteiger partial charge in [0.1, 0.15) is 0 Å². The zero-order valence-electron chi connectivity index (χ0n) is 14.0. The highest BCUT2D eigenvalue weighted by Gasteiger charge is 2.26. The predicted molar refractivity (Wildman–Crippen MR) is 88.4 cm³/mol. The fraction of sp³-hybridized carbons (Fsp3) is 0.467. The fourth-order valence-corrected chi connectivity index (χ4v) is 3.28. The van der Waals surface area contributed by atoms with Gasteiger partial charge in [-0.1, -0.05) is 0 Å². The first-order valence-electron chi connectivity index (χ1n) is 7.18. The van der Waals surface area contributed by atoms with Gasteiger partial charge in [-0.05, 0) is 37.6 Å². The largest absolute Gasteiger partial charge is 0.469 e. The Balaban J connectivity index is 3.38. The minimum Gasteiger partial charge on any atom is -0.469 e. The average molecular weight is 358 g/mol. The van der Waals surface area contributed by atoms with Crippen LogP contribution in [0.25, 0.3) is 0 Å². The van der Waals surface area contributed by atoms with Gasteiger partial charge in [0.2, 0.25) is 0 Å². The number of rotatable bonds is 6. The van der Waals surface area contributed by atoms with Crippen molar-refractivity contribution in [2.24, 2.45) is 5.73 Å². The summed E-state index contributed by atoms with van der Waals surface area (Å²) >= 11 is 0. The summed E-state index contributed by atoms with van der Waals surface area (Å²) in [6.07, 6.45) is -0.902. The summed E-state index contributed by atoms with van der Waals surface area (Å²) in [5.74, 6) is -0.568. The number of ether oxygens (including phenoxy) is 2. The van der Waals surface area contributed by atoms with Crippen LogP contribution in [0.2, 0.25) is 0 Å². The highest BCUT2D eigenvalue weighted by atomic mass is 32.2. The second kappa shape index (κ2) is 8.11. The zero-order chi connectivity index (χ0) is 18.5. The summed E-state index contributed by atoms with van der Waals surface area (Å²) in [5.41, 5.74) is 6.52. The Morgan fingerprint density at radius 1 is 1.21 bits per heavy atom. The molecule has 24 heavy (non-hydrogen) atoms. The molecule has 1 rings (SSSR count). The van der Waals surface area contributed by atoms with E-state index in [4.69, 9.17) is 5.73 Å². The molecule has 0 aliphatic rings. The summed E-state index contributed by atoms with van der Waals surface area (Å²) in [6, 6.07) is 3.30. The van der Waals surface area contributed by atoms with Crippen LogP contribution in [0.15, 0.2) is 23.1 Å². The summed E-state index contributed by atoms with van der Waals surface area (Å²) in [5, 5.41) is 1.77. The first-order chi connectivity index (χ1) is 11.1. The topological polar surface area (TPSA) is 125 Å². The minimum atomic E-state index is -3.62. The number of hydrogen-bond donors (Lipinski definition) is 2. The van der Waals surface area contributed by atoms with Gasteiger partial charge in [0, 0.05) is 11.7 Å². The van der Waals surface area contributed by atoms with E-state index in [9.17, 15) is 18.0 Å². The van der Waals surface area contributed by atoms with Crippen molar-refractivity contribution < 1.29 is 27.5 Å². The number of methoxy groups -OCH3 is 2. The Morgan fingerprint density at radius 3 is 2.33 bits per heavy atom. The Hall–Kier alpha value is -2.13. The van der Waals surface area contributed by atoms with E-state index in [-0.39, 0.29) is 16.9 Å². The van der Waals surface area contributed by atoms with Gasteiger partial charge in [-0.2, -0.15) is 0 Å². The number of benzene rings is 1. The summed E-state index contributed by atoms with van der Waals surface area (Å²) in [6.45, 7) is 3.09. The molecule has 0 radical (unpaired) electrons. The van der Waals surface area contributed by atoms with Crippen molar-refractivity contribution in [2.75, 3.05) is 19.5 Å². The number of carbonyl (C=O) groups excluding carboxylic acids is 2. The van der Waals surface area contributed by atoms with Crippen LogP contribution >= 0.6 is 0 Å². The van der Waals surface area contributed by atoms with Crippen LogP contribution in [0.1, 0.15) is 31.9 Å². The molecule has 0 saturated carbocycles. The van der Waals surface area contributed by atoms with Crippen LogP contribution in [0.3, 0.4) is 0 Å². The number of nitrogens with one attached hydrogen (secondary N) is 1. The van der Waals surface area contributed by atoms with Gasteiger partial charge in [0.25, 0.3) is 0 Å². The average Bonchev–Trinajstić information content (AvgIpc) is 2.53. The number of esters is 1. The van der Waals surface area contributed by atoms with Crippen molar-refractivity contribution in [3.8, 4) is 0 Å². The molecule has 0 aliphatic heterocycles. The van der Waals surface area contributed by atoms with Gasteiger partial charge >= 0.3 is 12.1 Å². The third-order valence-corrected chi connectivity index (χ3v) is 5.61. The van der Waals surface area contributed by atoms with Crippen molar-refractivity contribution in [1.29, 1.82) is 0 Å². The second-order valence-electron chi connectivity index (χ2n) is 5.35. The van der Waals surface area contributed by atoms with Gasteiger partial charge in [-0.3, -0.25) is 10.1 Å². The Kier molecular flexibility index (Phi) is 6.73. The molecule has 0 fully saturated rings. The molecule has 0 unspecified atom stereocenters. The first-order valence-corrected chi connectivity index (χ1v) is 8.73. The molecule has 3 N–H and O–H groups in total. The van der Waals surface area contributed by atoms with Crippen molar-refractivity contribution in [3.05, 3.63) is 23.8 Å². The Bertz CT molecular complexity index is 715. The van der Waals surface area contributed by atoms with Gasteiger partial charge in [0.05, 0.1) is 30.8 Å². The SMILES string of the molecule is COC(=O)C[C@@H](N)c1cc(NC(=O)OC)ccc1S(=O)(=O)C(C)C. The van der Waals surface area contributed by atoms with Crippen LogP contribution in [-0.2, 0) is 24.1 Å². The third-order valence-electron chi connectivity index (χ3n) is 3.38. The maximum atomic E-state index is 12.5. The number of hydrogen-bond acceptors (Lipinski definition) is 7. The molecule has 0 spiro atoms. The number of nitrogens with two attached hydrogens (primary N) is 1. The first kappa shape index (κ1) is 19.9. The molecule has 1 atom stereocenters. The minimum absolute atomic E-state index is 0.0179. The molecule has 9 heteroatoms. The van der Waals surface area contributed by atoms with Crippen LogP contribution in [0.5, 0.6) is 0 Å². The highest BCUT2D eigenvalue weighted by Crippen LogP contribution is 2.29. The molecule has 0 aliphatic carbocycles. The number of sulfone groups is 1. The maximum Gasteiger partial charge on any atom is 0.411 e. The lowest BCUT2D eigenvalue weighted by Crippen LogP contribution is -2.22. The van der Waals surface area contributed by atoms with Crippen molar-refractivity contribution in [2.45, 2.75) is 36.5 Å². The summed E-state index contributed by atoms with van der Waals surface area (Å²) in [7, 11) is -1.20. The standard InChI is InChI=1S/C15H22N2O6S/c1-9(2)24(20,21)13-6-5-10(17-15(19)23-4)7-11(13)12(16)8-14(18)22-3/h5-7,9,12H,8,16H2,1-4H3,(H,17,19)/t12-/m1/s1. The molecule has 8 nitrogen and oxygen atoms in total. The van der Waals surface area contributed by atoms with E-state index in [1.54, 1.807) is 13.8 Å². The van der Waals surface area contributed by atoms with E-state index in [0.29, 0.717) is 5.69 Å². The van der Waals surface area contributed by atoms with Crippen LogP contribution in [-0.4, -0.2) is 39.9 Å². The molecule has 0 aromatic heterocycles. The van der Waals surface area contributed by atoms with Crippen molar-refractivity contribution >= 4 is 27.6 Å². The van der Waals surface area contributed by atoms with Gasteiger partial charge in [-0.15, -0.1) is 0 Å². The van der Waals surface area contributed by atoms with E-state index in [2.05, 4.69) is 14.8 Å². The van der Waals surface area contributed by atoms with Gasteiger partial charge in [-0.25, -0.2) is 13.2 Å². The molecular weight excluding hydrogens is 336 g/mol. The monoisotopic (exact) mass is 358 g/mol. The Morgan fingerprint density at radius 2 is 1.83 bits per heavy atom. The number of anilines is 1. The molecular formula is C15H22N2O6S. The lowest BCUT2D eigenvalue weighted by atomic mass is 10.0.